The van der Waals surface area contributed by atoms with E-state index in [1.54, 1.807) is 6.07 Å². The summed E-state index contributed by atoms with van der Waals surface area (Å²) >= 11 is 6.50. The number of ether oxygens (including phenoxy) is 1. The summed E-state index contributed by atoms with van der Waals surface area (Å²) in [6, 6.07) is 14.2. The molecule has 0 spiro atoms. The van der Waals surface area contributed by atoms with Crippen LogP contribution in [0.2, 0.25) is 0 Å². The summed E-state index contributed by atoms with van der Waals surface area (Å²) in [5.74, 6) is -1.29. The van der Waals surface area contributed by atoms with Crippen LogP contribution in [0.3, 0.4) is 0 Å². The molecule has 0 aliphatic heterocycles. The van der Waals surface area contributed by atoms with Gasteiger partial charge in [0.25, 0.3) is 5.69 Å². The van der Waals surface area contributed by atoms with Crippen LogP contribution in [-0.2, 0) is 4.74 Å². The number of thiocarbonyl (C=S) groups is 1. The standard InChI is InChI=1S/C19H14FN3O4S2/c1-27-18(24)13-10-16(11-5-3-2-4-6-11)29-17(13)22-19(28)21-14-8-7-12(20)9-15(14)23(25)26/h2-10H,1H3,(H2,21,22,28). The van der Waals surface area contributed by atoms with Gasteiger partial charge in [-0.25, -0.2) is 9.18 Å². The third-order valence-corrected chi connectivity index (χ3v) is 5.13. The molecule has 10 heteroatoms. The lowest BCUT2D eigenvalue weighted by Crippen LogP contribution is -2.20. The van der Waals surface area contributed by atoms with Gasteiger partial charge < -0.3 is 15.4 Å². The first-order chi connectivity index (χ1) is 13.9. The minimum Gasteiger partial charge on any atom is -0.465 e. The highest BCUT2D eigenvalue weighted by atomic mass is 32.1. The summed E-state index contributed by atoms with van der Waals surface area (Å²) in [5, 5.41) is 17.1. The number of benzene rings is 2. The maximum atomic E-state index is 13.3. The normalized spacial score (nSPS) is 10.3. The molecule has 2 aromatic carbocycles. The van der Waals surface area contributed by atoms with E-state index < -0.39 is 22.4 Å². The molecule has 0 aliphatic carbocycles. The Kier molecular flexibility index (Phi) is 6.15. The van der Waals surface area contributed by atoms with Crippen molar-refractivity contribution in [3.8, 4) is 10.4 Å². The van der Waals surface area contributed by atoms with Crippen molar-refractivity contribution in [1.82, 2.24) is 0 Å². The zero-order valence-corrected chi connectivity index (χ0v) is 16.6. The van der Waals surface area contributed by atoms with Crippen molar-refractivity contribution in [2.24, 2.45) is 0 Å². The number of hydrogen-bond donors (Lipinski definition) is 2. The molecule has 0 saturated heterocycles. The average molecular weight is 431 g/mol. The number of rotatable bonds is 5. The molecule has 3 rings (SSSR count). The van der Waals surface area contributed by atoms with Gasteiger partial charge >= 0.3 is 5.97 Å². The molecule has 7 nitrogen and oxygen atoms in total. The quantitative estimate of drug-likeness (QED) is 0.252. The summed E-state index contributed by atoms with van der Waals surface area (Å²) in [6.07, 6.45) is 0. The van der Waals surface area contributed by atoms with Crippen LogP contribution in [-0.4, -0.2) is 23.1 Å². The molecule has 0 fully saturated rings. The van der Waals surface area contributed by atoms with E-state index in [9.17, 15) is 19.3 Å². The SMILES string of the molecule is COC(=O)c1cc(-c2ccccc2)sc1NC(=S)Nc1ccc(F)cc1[N+](=O)[O-]. The minimum absolute atomic E-state index is 0.00585. The number of thiophene rings is 1. The van der Waals surface area contributed by atoms with Gasteiger partial charge in [0.2, 0.25) is 0 Å². The second-order valence-electron chi connectivity index (χ2n) is 5.71. The Labute approximate surface area is 174 Å². The van der Waals surface area contributed by atoms with Crippen molar-refractivity contribution in [2.75, 3.05) is 17.7 Å². The van der Waals surface area contributed by atoms with Crippen molar-refractivity contribution in [2.45, 2.75) is 0 Å². The molecule has 0 aliphatic rings. The number of nitro groups is 1. The number of carbonyl (C=O) groups excluding carboxylic acids is 1. The van der Waals surface area contributed by atoms with Gasteiger partial charge in [-0.05, 0) is 36.0 Å². The third kappa shape index (κ3) is 4.73. The third-order valence-electron chi connectivity index (χ3n) is 3.83. The minimum atomic E-state index is -0.736. The number of nitro benzene ring substituents is 1. The number of carbonyl (C=O) groups is 1. The molecule has 29 heavy (non-hydrogen) atoms. The highest BCUT2D eigenvalue weighted by molar-refractivity contribution is 7.80. The van der Waals surface area contributed by atoms with Crippen molar-refractivity contribution in [3.63, 3.8) is 0 Å². The van der Waals surface area contributed by atoms with Crippen molar-refractivity contribution >= 4 is 51.0 Å². The zero-order valence-electron chi connectivity index (χ0n) is 15.0. The van der Waals surface area contributed by atoms with Gasteiger partial charge in [0.05, 0.1) is 23.7 Å². The molecule has 3 aromatic rings. The van der Waals surface area contributed by atoms with Crippen molar-refractivity contribution in [3.05, 3.63) is 76.1 Å². The number of methoxy groups -OCH3 is 1. The lowest BCUT2D eigenvalue weighted by molar-refractivity contribution is -0.384. The van der Waals surface area contributed by atoms with Crippen LogP contribution < -0.4 is 10.6 Å². The molecular weight excluding hydrogens is 417 g/mol. The Balaban J connectivity index is 1.88. The summed E-state index contributed by atoms with van der Waals surface area (Å²) in [7, 11) is 1.27. The van der Waals surface area contributed by atoms with Gasteiger partial charge in [0.15, 0.2) is 5.11 Å². The first-order valence-corrected chi connectivity index (χ1v) is 9.41. The Morgan fingerprint density at radius 1 is 1.17 bits per heavy atom. The molecule has 0 amide bonds. The van der Waals surface area contributed by atoms with E-state index in [-0.39, 0.29) is 16.4 Å². The number of halogens is 1. The summed E-state index contributed by atoms with van der Waals surface area (Å²) < 4.78 is 18.1. The molecule has 0 unspecified atom stereocenters. The van der Waals surface area contributed by atoms with Gasteiger partial charge in [-0.3, -0.25) is 10.1 Å². The smallest absolute Gasteiger partial charge is 0.340 e. The average Bonchev–Trinajstić information content (AvgIpc) is 3.13. The predicted molar refractivity (Wildman–Crippen MR) is 114 cm³/mol. The first-order valence-electron chi connectivity index (χ1n) is 8.18. The fourth-order valence-electron chi connectivity index (χ4n) is 2.51. The van der Waals surface area contributed by atoms with Gasteiger partial charge in [0, 0.05) is 4.88 Å². The lowest BCUT2D eigenvalue weighted by atomic mass is 10.1. The number of esters is 1. The number of hydrogen-bond acceptors (Lipinski definition) is 6. The molecule has 1 heterocycles. The van der Waals surface area contributed by atoms with Crippen molar-refractivity contribution < 1.29 is 18.8 Å². The fraction of sp³-hybridized carbons (Fsp3) is 0.0526. The molecule has 2 N–H and O–H groups in total. The number of anilines is 2. The van der Waals surface area contributed by atoms with E-state index in [4.69, 9.17) is 17.0 Å². The van der Waals surface area contributed by atoms with E-state index in [2.05, 4.69) is 10.6 Å². The van der Waals surface area contributed by atoms with E-state index in [1.807, 2.05) is 30.3 Å². The van der Waals surface area contributed by atoms with Gasteiger partial charge in [-0.1, -0.05) is 30.3 Å². The van der Waals surface area contributed by atoms with Crippen molar-refractivity contribution in [1.29, 1.82) is 0 Å². The highest BCUT2D eigenvalue weighted by Gasteiger charge is 2.20. The maximum Gasteiger partial charge on any atom is 0.340 e. The molecule has 0 radical (unpaired) electrons. The number of nitrogens with zero attached hydrogens (tertiary/aromatic N) is 1. The van der Waals surface area contributed by atoms with E-state index in [0.29, 0.717) is 5.00 Å². The monoisotopic (exact) mass is 431 g/mol. The summed E-state index contributed by atoms with van der Waals surface area (Å²) in [4.78, 5) is 23.4. The van der Waals surface area contributed by atoms with Crippen LogP contribution in [0.25, 0.3) is 10.4 Å². The summed E-state index contributed by atoms with van der Waals surface area (Å²) in [5.41, 5.74) is 0.740. The lowest BCUT2D eigenvalue weighted by Gasteiger charge is -2.10. The molecule has 148 valence electrons. The first kappa shape index (κ1) is 20.4. The topological polar surface area (TPSA) is 93.5 Å². The fourth-order valence-corrected chi connectivity index (χ4v) is 3.84. The molecular formula is C19H14FN3O4S2. The van der Waals surface area contributed by atoms with E-state index >= 15 is 0 Å². The molecule has 1 aromatic heterocycles. The van der Waals surface area contributed by atoms with Gasteiger partial charge in [0.1, 0.15) is 16.5 Å². The highest BCUT2D eigenvalue weighted by Crippen LogP contribution is 2.36. The number of nitrogens with one attached hydrogen (secondary N) is 2. The van der Waals surface area contributed by atoms with Crippen LogP contribution in [0.5, 0.6) is 0 Å². The molecule has 0 bridgehead atoms. The maximum absolute atomic E-state index is 13.3. The van der Waals surface area contributed by atoms with Crippen LogP contribution >= 0.6 is 23.6 Å². The second kappa shape index (κ2) is 8.76. The van der Waals surface area contributed by atoms with Crippen LogP contribution in [0.1, 0.15) is 10.4 Å². The van der Waals surface area contributed by atoms with Crippen LogP contribution in [0, 0.1) is 15.9 Å². The molecule has 0 atom stereocenters. The van der Waals surface area contributed by atoms with Crippen LogP contribution in [0.4, 0.5) is 20.8 Å². The van der Waals surface area contributed by atoms with Gasteiger partial charge in [-0.2, -0.15) is 0 Å². The predicted octanol–water partition coefficient (Wildman–Crippen LogP) is 5.06. The van der Waals surface area contributed by atoms with E-state index in [0.717, 1.165) is 22.6 Å². The Morgan fingerprint density at radius 2 is 1.90 bits per heavy atom. The molecule has 0 saturated carbocycles. The largest absolute Gasteiger partial charge is 0.465 e. The zero-order chi connectivity index (χ0) is 21.0. The van der Waals surface area contributed by atoms with Gasteiger partial charge in [-0.15, -0.1) is 11.3 Å². The Hall–Kier alpha value is -3.37. The van der Waals surface area contributed by atoms with Crippen LogP contribution in [0.15, 0.2) is 54.6 Å². The summed E-state index contributed by atoms with van der Waals surface area (Å²) in [6.45, 7) is 0. The second-order valence-corrected chi connectivity index (χ2v) is 7.17. The Morgan fingerprint density at radius 3 is 2.55 bits per heavy atom. The Bertz CT molecular complexity index is 1090. The van der Waals surface area contributed by atoms with E-state index in [1.165, 1.54) is 24.5 Å².